The van der Waals surface area contributed by atoms with E-state index in [1.807, 2.05) is 0 Å². The quantitative estimate of drug-likeness (QED) is 0.681. The number of benzene rings is 2. The average molecular weight is 381 g/mol. The SMILES string of the molecule is COP(=O)(c1cc(C)cc(F)c1)c1c(C(N)=O)[nH]c2ccc(Cl)cc12. The van der Waals surface area contributed by atoms with Crippen molar-refractivity contribution >= 4 is 46.4 Å². The minimum Gasteiger partial charge on any atom is -0.364 e. The van der Waals surface area contributed by atoms with Crippen LogP contribution in [0, 0.1) is 12.7 Å². The van der Waals surface area contributed by atoms with Gasteiger partial charge in [0.1, 0.15) is 11.5 Å². The number of aromatic nitrogens is 1. The zero-order valence-corrected chi connectivity index (χ0v) is 15.1. The fourth-order valence-electron chi connectivity index (χ4n) is 2.85. The highest BCUT2D eigenvalue weighted by atomic mass is 35.5. The lowest BCUT2D eigenvalue weighted by Crippen LogP contribution is -2.26. The molecule has 0 saturated heterocycles. The van der Waals surface area contributed by atoms with Crippen molar-refractivity contribution in [3.63, 3.8) is 0 Å². The Kier molecular flexibility index (Phi) is 4.45. The molecule has 25 heavy (non-hydrogen) atoms. The number of H-pyrrole nitrogens is 1. The van der Waals surface area contributed by atoms with Gasteiger partial charge in [0.15, 0.2) is 0 Å². The van der Waals surface area contributed by atoms with Gasteiger partial charge in [-0.3, -0.25) is 9.36 Å². The van der Waals surface area contributed by atoms with Crippen LogP contribution in [0.1, 0.15) is 16.1 Å². The number of nitrogens with two attached hydrogens (primary N) is 1. The van der Waals surface area contributed by atoms with Gasteiger partial charge < -0.3 is 15.2 Å². The van der Waals surface area contributed by atoms with Crippen LogP contribution in [-0.4, -0.2) is 18.0 Å². The topological polar surface area (TPSA) is 85.2 Å². The second-order valence-corrected chi connectivity index (χ2v) is 8.49. The van der Waals surface area contributed by atoms with Gasteiger partial charge in [-0.2, -0.15) is 0 Å². The molecule has 3 rings (SSSR count). The van der Waals surface area contributed by atoms with E-state index in [1.165, 1.54) is 13.2 Å². The minimum absolute atomic E-state index is 0.0515. The fourth-order valence-corrected chi connectivity index (χ4v) is 5.30. The third-order valence-electron chi connectivity index (χ3n) is 3.90. The Hall–Kier alpha value is -2.14. The first kappa shape index (κ1) is 17.7. The molecule has 2 aromatic carbocycles. The molecule has 0 fully saturated rings. The lowest BCUT2D eigenvalue weighted by molar-refractivity contribution is 0.0997. The number of carbonyl (C=O) groups is 1. The summed E-state index contributed by atoms with van der Waals surface area (Å²) in [6.07, 6.45) is 0. The molecule has 1 amide bonds. The summed E-state index contributed by atoms with van der Waals surface area (Å²) in [7, 11) is -2.55. The van der Waals surface area contributed by atoms with E-state index in [0.717, 1.165) is 6.07 Å². The standard InChI is InChI=1S/C17H15ClFN2O3P/c1-9-5-11(19)8-12(6-9)25(23,24-2)16-13-7-10(18)3-4-14(13)21-15(16)17(20)22/h3-8,21H,1-2H3,(H2,20,22). The molecule has 0 spiro atoms. The van der Waals surface area contributed by atoms with Crippen molar-refractivity contribution in [2.24, 2.45) is 5.73 Å². The second-order valence-electron chi connectivity index (χ2n) is 5.62. The van der Waals surface area contributed by atoms with Crippen molar-refractivity contribution in [1.82, 2.24) is 4.98 Å². The van der Waals surface area contributed by atoms with Gasteiger partial charge in [-0.15, -0.1) is 0 Å². The summed E-state index contributed by atoms with van der Waals surface area (Å²) in [6, 6.07) is 8.83. The van der Waals surface area contributed by atoms with Crippen molar-refractivity contribution in [2.75, 3.05) is 7.11 Å². The van der Waals surface area contributed by atoms with E-state index in [0.29, 0.717) is 21.5 Å². The summed E-state index contributed by atoms with van der Waals surface area (Å²) >= 11 is 6.05. The van der Waals surface area contributed by atoms with Crippen LogP contribution >= 0.6 is 19.0 Å². The maximum Gasteiger partial charge on any atom is 0.266 e. The summed E-state index contributed by atoms with van der Waals surface area (Å²) in [5.74, 6) is -1.35. The molecule has 3 N–H and O–H groups in total. The molecule has 1 atom stereocenters. The van der Waals surface area contributed by atoms with Gasteiger partial charge >= 0.3 is 0 Å². The molecule has 8 heteroatoms. The number of hydrogen-bond acceptors (Lipinski definition) is 3. The van der Waals surface area contributed by atoms with Gasteiger partial charge in [-0.1, -0.05) is 11.6 Å². The van der Waals surface area contributed by atoms with Crippen LogP contribution in [0.4, 0.5) is 4.39 Å². The summed E-state index contributed by atoms with van der Waals surface area (Å²) in [4.78, 5) is 14.8. The Morgan fingerprint density at radius 3 is 2.60 bits per heavy atom. The molecule has 1 aromatic heterocycles. The van der Waals surface area contributed by atoms with Crippen molar-refractivity contribution in [1.29, 1.82) is 0 Å². The first-order valence-corrected chi connectivity index (χ1v) is 9.31. The molecule has 0 aliphatic rings. The largest absolute Gasteiger partial charge is 0.364 e. The predicted molar refractivity (Wildman–Crippen MR) is 96.8 cm³/mol. The lowest BCUT2D eigenvalue weighted by Gasteiger charge is -2.18. The molecule has 3 aromatic rings. The maximum atomic E-state index is 13.9. The van der Waals surface area contributed by atoms with Crippen LogP contribution in [0.25, 0.3) is 10.9 Å². The van der Waals surface area contributed by atoms with Crippen LogP contribution in [0.2, 0.25) is 5.02 Å². The highest BCUT2D eigenvalue weighted by Gasteiger charge is 2.35. The van der Waals surface area contributed by atoms with Gasteiger partial charge in [0.25, 0.3) is 13.3 Å². The van der Waals surface area contributed by atoms with E-state index in [2.05, 4.69) is 4.98 Å². The zero-order chi connectivity index (χ0) is 18.4. The number of rotatable bonds is 4. The van der Waals surface area contributed by atoms with E-state index in [1.54, 1.807) is 31.2 Å². The minimum atomic E-state index is -3.80. The molecule has 1 heterocycles. The first-order valence-electron chi connectivity index (χ1n) is 7.31. The summed E-state index contributed by atoms with van der Waals surface area (Å²) in [6.45, 7) is 1.67. The van der Waals surface area contributed by atoms with Crippen molar-refractivity contribution < 1.29 is 18.3 Å². The number of aromatic amines is 1. The summed E-state index contributed by atoms with van der Waals surface area (Å²) in [5.41, 5.74) is 6.50. The highest BCUT2D eigenvalue weighted by molar-refractivity contribution is 7.75. The first-order chi connectivity index (χ1) is 11.8. The number of amides is 1. The Morgan fingerprint density at radius 2 is 2.00 bits per heavy atom. The van der Waals surface area contributed by atoms with Gasteiger partial charge in [-0.05, 0) is 48.9 Å². The van der Waals surface area contributed by atoms with E-state index in [-0.39, 0.29) is 16.3 Å². The molecule has 0 saturated carbocycles. The lowest BCUT2D eigenvalue weighted by atomic mass is 10.2. The molecule has 0 bridgehead atoms. The monoisotopic (exact) mass is 380 g/mol. The van der Waals surface area contributed by atoms with Gasteiger partial charge in [0, 0.05) is 28.3 Å². The summed E-state index contributed by atoms with van der Waals surface area (Å²) < 4.78 is 33.0. The van der Waals surface area contributed by atoms with Crippen molar-refractivity contribution in [3.8, 4) is 0 Å². The number of hydrogen-bond donors (Lipinski definition) is 2. The number of halogens is 2. The van der Waals surface area contributed by atoms with Crippen molar-refractivity contribution in [3.05, 3.63) is 58.5 Å². The van der Waals surface area contributed by atoms with Gasteiger partial charge in [0.2, 0.25) is 0 Å². The molecule has 5 nitrogen and oxygen atoms in total. The van der Waals surface area contributed by atoms with Crippen LogP contribution in [-0.2, 0) is 9.09 Å². The smallest absolute Gasteiger partial charge is 0.266 e. The molecular formula is C17H15ClFN2O3P. The number of aryl methyl sites for hydroxylation is 1. The molecule has 0 aliphatic carbocycles. The van der Waals surface area contributed by atoms with E-state index >= 15 is 0 Å². The van der Waals surface area contributed by atoms with E-state index in [4.69, 9.17) is 21.9 Å². The zero-order valence-electron chi connectivity index (χ0n) is 13.5. The predicted octanol–water partition coefficient (Wildman–Crippen LogP) is 3.24. The van der Waals surface area contributed by atoms with E-state index in [9.17, 15) is 13.8 Å². The third kappa shape index (κ3) is 2.97. The van der Waals surface area contributed by atoms with Gasteiger partial charge in [0.05, 0.1) is 5.30 Å². The molecule has 130 valence electrons. The Labute approximate surface area is 148 Å². The summed E-state index contributed by atoms with van der Waals surface area (Å²) in [5, 5.41) is 1.05. The number of fused-ring (bicyclic) bond motifs is 1. The van der Waals surface area contributed by atoms with Crippen LogP contribution in [0.15, 0.2) is 36.4 Å². The van der Waals surface area contributed by atoms with Crippen LogP contribution in [0.5, 0.6) is 0 Å². The Morgan fingerprint density at radius 1 is 1.28 bits per heavy atom. The molecule has 1 unspecified atom stereocenters. The average Bonchev–Trinajstić information content (AvgIpc) is 2.92. The second kappa shape index (κ2) is 6.30. The Balaban J connectivity index is 2.42. The fraction of sp³-hybridized carbons (Fsp3) is 0.118. The number of nitrogens with one attached hydrogen (secondary N) is 1. The number of carbonyl (C=O) groups excluding carboxylic acids is 1. The molecular weight excluding hydrogens is 366 g/mol. The molecule has 0 aliphatic heterocycles. The highest BCUT2D eigenvalue weighted by Crippen LogP contribution is 2.47. The van der Waals surface area contributed by atoms with Crippen LogP contribution < -0.4 is 16.3 Å². The third-order valence-corrected chi connectivity index (χ3v) is 6.64. The normalized spacial score (nSPS) is 13.8. The Bertz CT molecular complexity index is 1030. The van der Waals surface area contributed by atoms with Gasteiger partial charge in [-0.25, -0.2) is 4.39 Å². The van der Waals surface area contributed by atoms with Crippen molar-refractivity contribution in [2.45, 2.75) is 6.92 Å². The van der Waals surface area contributed by atoms with Crippen LogP contribution in [0.3, 0.4) is 0 Å². The maximum absolute atomic E-state index is 13.9. The molecule has 0 radical (unpaired) electrons. The van der Waals surface area contributed by atoms with E-state index < -0.39 is 19.1 Å². The number of primary amides is 1.